The third kappa shape index (κ3) is 5.29. The zero-order chi connectivity index (χ0) is 17.7. The minimum Gasteiger partial charge on any atom is -0.336 e. The molecule has 0 fully saturated rings. The summed E-state index contributed by atoms with van der Waals surface area (Å²) < 4.78 is 14.8. The summed E-state index contributed by atoms with van der Waals surface area (Å²) in [5.74, 6) is -0.276. The maximum Gasteiger partial charge on any atom is 0.319 e. The smallest absolute Gasteiger partial charge is 0.319 e. The van der Waals surface area contributed by atoms with E-state index in [0.29, 0.717) is 12.2 Å². The molecule has 0 spiro atoms. The van der Waals surface area contributed by atoms with Crippen molar-refractivity contribution in [1.29, 1.82) is 0 Å². The van der Waals surface area contributed by atoms with Gasteiger partial charge in [-0.25, -0.2) is 9.18 Å². The van der Waals surface area contributed by atoms with E-state index in [1.54, 1.807) is 18.2 Å². The summed E-state index contributed by atoms with van der Waals surface area (Å²) in [6.45, 7) is 0.401. The van der Waals surface area contributed by atoms with Gasteiger partial charge < -0.3 is 15.5 Å². The van der Waals surface area contributed by atoms with E-state index < -0.39 is 0 Å². The minimum absolute atomic E-state index is 0.0512. The van der Waals surface area contributed by atoms with Crippen molar-refractivity contribution in [2.75, 3.05) is 26.0 Å². The number of nitrogens with one attached hydrogen (secondary N) is 2. The van der Waals surface area contributed by atoms with Crippen LogP contribution in [0.1, 0.15) is 11.6 Å². The number of carbonyl (C=O) groups excluding carboxylic acids is 1. The minimum atomic E-state index is -0.299. The van der Waals surface area contributed by atoms with Crippen LogP contribution in [0.25, 0.3) is 0 Å². The normalized spacial score (nSPS) is 12.1. The fourth-order valence-electron chi connectivity index (χ4n) is 2.23. The van der Waals surface area contributed by atoms with Crippen LogP contribution < -0.4 is 10.6 Å². The Morgan fingerprint density at radius 3 is 2.42 bits per heavy atom. The van der Waals surface area contributed by atoms with Crippen LogP contribution in [0.2, 0.25) is 0 Å². The number of benzene rings is 2. The van der Waals surface area contributed by atoms with Gasteiger partial charge in [0, 0.05) is 15.5 Å². The maximum atomic E-state index is 13.1. The Morgan fingerprint density at radius 1 is 1.17 bits per heavy atom. The molecule has 0 saturated heterocycles. The molecule has 0 aliphatic rings. The number of rotatable bonds is 5. The SMILES string of the molecule is CN(C)C(CNC(=O)Nc1ccc(Br)cc1Br)c1ccc(F)cc1. The number of nitrogens with zero attached hydrogens (tertiary/aromatic N) is 1. The Hall–Kier alpha value is -1.44. The molecule has 7 heteroatoms. The van der Waals surface area contributed by atoms with Gasteiger partial charge in [-0.15, -0.1) is 0 Å². The monoisotopic (exact) mass is 457 g/mol. The van der Waals surface area contributed by atoms with Gasteiger partial charge >= 0.3 is 6.03 Å². The van der Waals surface area contributed by atoms with Crippen molar-refractivity contribution in [3.8, 4) is 0 Å². The van der Waals surface area contributed by atoms with E-state index in [-0.39, 0.29) is 17.9 Å². The molecule has 2 N–H and O–H groups in total. The van der Waals surface area contributed by atoms with Gasteiger partial charge in [0.15, 0.2) is 0 Å². The first kappa shape index (κ1) is 18.9. The first-order valence-electron chi connectivity index (χ1n) is 7.28. The largest absolute Gasteiger partial charge is 0.336 e. The van der Waals surface area contributed by atoms with Crippen LogP contribution in [0.5, 0.6) is 0 Å². The van der Waals surface area contributed by atoms with Crippen LogP contribution in [0.3, 0.4) is 0 Å². The highest BCUT2D eigenvalue weighted by Gasteiger charge is 2.15. The molecule has 0 aliphatic carbocycles. The summed E-state index contributed by atoms with van der Waals surface area (Å²) >= 11 is 6.77. The lowest BCUT2D eigenvalue weighted by Gasteiger charge is -2.25. The summed E-state index contributed by atoms with van der Waals surface area (Å²) in [5, 5.41) is 5.65. The molecule has 0 aromatic heterocycles. The molecule has 1 atom stereocenters. The molecular formula is C17H18Br2FN3O. The highest BCUT2D eigenvalue weighted by atomic mass is 79.9. The lowest BCUT2D eigenvalue weighted by atomic mass is 10.1. The van der Waals surface area contributed by atoms with E-state index >= 15 is 0 Å². The predicted octanol–water partition coefficient (Wildman–Crippen LogP) is 4.78. The number of hydrogen-bond donors (Lipinski definition) is 2. The number of amides is 2. The lowest BCUT2D eigenvalue weighted by molar-refractivity contribution is 0.243. The van der Waals surface area contributed by atoms with Crippen LogP contribution in [-0.4, -0.2) is 31.6 Å². The van der Waals surface area contributed by atoms with E-state index in [9.17, 15) is 9.18 Å². The van der Waals surface area contributed by atoms with Crippen LogP contribution in [0, 0.1) is 5.82 Å². The second-order valence-electron chi connectivity index (χ2n) is 5.49. The molecule has 0 bridgehead atoms. The zero-order valence-electron chi connectivity index (χ0n) is 13.3. The number of carbonyl (C=O) groups is 1. The number of likely N-dealkylation sites (N-methyl/N-ethyl adjacent to an activating group) is 1. The Bertz CT molecular complexity index is 707. The second kappa shape index (κ2) is 8.60. The number of halogens is 3. The molecule has 0 heterocycles. The Morgan fingerprint density at radius 2 is 1.83 bits per heavy atom. The van der Waals surface area contributed by atoms with Crippen molar-refractivity contribution in [1.82, 2.24) is 10.2 Å². The van der Waals surface area contributed by atoms with Crippen molar-refractivity contribution in [2.45, 2.75) is 6.04 Å². The van der Waals surface area contributed by atoms with E-state index in [1.807, 2.05) is 31.1 Å². The standard InChI is InChI=1S/C17H18Br2FN3O/c1-23(2)16(11-3-6-13(20)7-4-11)10-21-17(24)22-15-8-5-12(18)9-14(15)19/h3-9,16H,10H2,1-2H3,(H2,21,22,24). The topological polar surface area (TPSA) is 44.4 Å². The molecule has 24 heavy (non-hydrogen) atoms. The van der Waals surface area contributed by atoms with E-state index in [1.165, 1.54) is 12.1 Å². The molecule has 1 unspecified atom stereocenters. The highest BCUT2D eigenvalue weighted by Crippen LogP contribution is 2.26. The fourth-order valence-corrected chi connectivity index (χ4v) is 3.38. The summed E-state index contributed by atoms with van der Waals surface area (Å²) in [7, 11) is 3.83. The molecule has 2 amide bonds. The van der Waals surface area contributed by atoms with E-state index in [2.05, 4.69) is 42.5 Å². The van der Waals surface area contributed by atoms with Gasteiger partial charge in [0.25, 0.3) is 0 Å². The van der Waals surface area contributed by atoms with Gasteiger partial charge in [0.2, 0.25) is 0 Å². The third-order valence-electron chi connectivity index (χ3n) is 3.51. The number of urea groups is 1. The van der Waals surface area contributed by atoms with E-state index in [0.717, 1.165) is 14.5 Å². The molecule has 2 rings (SSSR count). The fraction of sp³-hybridized carbons (Fsp3) is 0.235. The van der Waals surface area contributed by atoms with E-state index in [4.69, 9.17) is 0 Å². The van der Waals surface area contributed by atoms with Gasteiger partial charge in [-0.3, -0.25) is 0 Å². The van der Waals surface area contributed by atoms with Gasteiger partial charge in [0.05, 0.1) is 11.7 Å². The Kier molecular flexibility index (Phi) is 6.77. The van der Waals surface area contributed by atoms with Crippen molar-refractivity contribution in [2.24, 2.45) is 0 Å². The third-order valence-corrected chi connectivity index (χ3v) is 4.66. The average molecular weight is 459 g/mol. The molecule has 2 aromatic carbocycles. The molecule has 128 valence electrons. The van der Waals surface area contributed by atoms with Crippen LogP contribution in [0.15, 0.2) is 51.4 Å². The van der Waals surface area contributed by atoms with Gasteiger partial charge in [-0.05, 0) is 65.9 Å². The first-order valence-corrected chi connectivity index (χ1v) is 8.87. The van der Waals surface area contributed by atoms with Crippen LogP contribution in [0.4, 0.5) is 14.9 Å². The van der Waals surface area contributed by atoms with Crippen molar-refractivity contribution >= 4 is 43.6 Å². The summed E-state index contributed by atoms with van der Waals surface area (Å²) in [5.41, 5.74) is 1.62. The highest BCUT2D eigenvalue weighted by molar-refractivity contribution is 9.11. The van der Waals surface area contributed by atoms with Crippen LogP contribution in [-0.2, 0) is 0 Å². The average Bonchev–Trinajstić information content (AvgIpc) is 2.52. The Balaban J connectivity index is 1.98. The lowest BCUT2D eigenvalue weighted by Crippen LogP contribution is -2.37. The second-order valence-corrected chi connectivity index (χ2v) is 7.26. The van der Waals surface area contributed by atoms with Crippen LogP contribution >= 0.6 is 31.9 Å². The van der Waals surface area contributed by atoms with Gasteiger partial charge in [-0.2, -0.15) is 0 Å². The molecule has 0 aliphatic heterocycles. The molecule has 2 aromatic rings. The molecular weight excluding hydrogens is 441 g/mol. The number of anilines is 1. The van der Waals surface area contributed by atoms with Crippen molar-refractivity contribution in [3.63, 3.8) is 0 Å². The Labute approximate surface area is 157 Å². The predicted molar refractivity (Wildman–Crippen MR) is 102 cm³/mol. The van der Waals surface area contributed by atoms with Crippen molar-refractivity contribution < 1.29 is 9.18 Å². The van der Waals surface area contributed by atoms with Gasteiger partial charge in [-0.1, -0.05) is 28.1 Å². The van der Waals surface area contributed by atoms with Crippen molar-refractivity contribution in [3.05, 3.63) is 62.8 Å². The van der Waals surface area contributed by atoms with Gasteiger partial charge in [0.1, 0.15) is 5.82 Å². The summed E-state index contributed by atoms with van der Waals surface area (Å²) in [4.78, 5) is 14.1. The zero-order valence-corrected chi connectivity index (χ0v) is 16.5. The summed E-state index contributed by atoms with van der Waals surface area (Å²) in [6, 6.07) is 11.5. The number of hydrogen-bond acceptors (Lipinski definition) is 2. The molecule has 4 nitrogen and oxygen atoms in total. The maximum absolute atomic E-state index is 13.1. The molecule has 0 saturated carbocycles. The molecule has 0 radical (unpaired) electrons. The summed E-state index contributed by atoms with van der Waals surface area (Å²) in [6.07, 6.45) is 0. The first-order chi connectivity index (χ1) is 11.4. The quantitative estimate of drug-likeness (QED) is 0.677.